The predicted octanol–water partition coefficient (Wildman–Crippen LogP) is 4.01. The highest BCUT2D eigenvalue weighted by molar-refractivity contribution is 7.86. The minimum absolute atomic E-state index is 0.0723. The summed E-state index contributed by atoms with van der Waals surface area (Å²) in [7, 11) is -3.93. The van der Waals surface area contributed by atoms with Crippen LogP contribution < -0.4 is 5.32 Å². The number of nitrogens with one attached hydrogen (secondary N) is 1. The average Bonchev–Trinajstić information content (AvgIpc) is 2.92. The molecular formula is C30H44N2O5S. The molecule has 7 nitrogen and oxygen atoms in total. The summed E-state index contributed by atoms with van der Waals surface area (Å²) >= 11 is 0. The van der Waals surface area contributed by atoms with Crippen LogP contribution in [-0.4, -0.2) is 75.6 Å². The molecule has 1 aromatic carbocycles. The Bertz CT molecular complexity index is 1060. The zero-order valence-electron chi connectivity index (χ0n) is 22.9. The molecule has 210 valence electrons. The highest BCUT2D eigenvalue weighted by Gasteiger charge is 2.36. The number of ether oxygens (including phenoxy) is 1. The van der Waals surface area contributed by atoms with Crippen molar-refractivity contribution in [2.24, 2.45) is 11.8 Å². The van der Waals surface area contributed by atoms with Crippen molar-refractivity contribution in [3.05, 3.63) is 78.9 Å². The van der Waals surface area contributed by atoms with Gasteiger partial charge in [0.25, 0.3) is 10.1 Å². The van der Waals surface area contributed by atoms with E-state index < -0.39 is 16.2 Å². The zero-order chi connectivity index (χ0) is 27.5. The lowest BCUT2D eigenvalue weighted by Crippen LogP contribution is -2.52. The Morgan fingerprint density at radius 2 is 1.92 bits per heavy atom. The number of rotatable bonds is 15. The Balaban J connectivity index is 1.62. The second kappa shape index (κ2) is 14.9. The van der Waals surface area contributed by atoms with Gasteiger partial charge in [0.1, 0.15) is 6.10 Å². The minimum Gasteiger partial charge on any atom is -0.394 e. The van der Waals surface area contributed by atoms with E-state index in [1.54, 1.807) is 12.1 Å². The fraction of sp³-hybridized carbons (Fsp3) is 0.533. The van der Waals surface area contributed by atoms with Crippen molar-refractivity contribution in [3.63, 3.8) is 0 Å². The Morgan fingerprint density at radius 1 is 1.18 bits per heavy atom. The van der Waals surface area contributed by atoms with Crippen molar-refractivity contribution in [2.45, 2.75) is 62.8 Å². The Kier molecular flexibility index (Phi) is 12.0. The van der Waals surface area contributed by atoms with Gasteiger partial charge in [-0.25, -0.2) is 0 Å². The molecule has 0 bridgehead atoms. The van der Waals surface area contributed by atoms with E-state index in [1.165, 1.54) is 12.1 Å². The van der Waals surface area contributed by atoms with Gasteiger partial charge in [0.05, 0.1) is 24.2 Å². The maximum atomic E-state index is 12.6. The van der Waals surface area contributed by atoms with Crippen molar-refractivity contribution in [3.8, 4) is 0 Å². The number of aliphatic hydroxyl groups is 1. The number of likely N-dealkylation sites (N-methyl/N-ethyl adjacent to an activating group) is 1. The van der Waals surface area contributed by atoms with Crippen LogP contribution in [0.3, 0.4) is 0 Å². The van der Waals surface area contributed by atoms with Crippen LogP contribution in [0.5, 0.6) is 0 Å². The highest BCUT2D eigenvalue weighted by atomic mass is 32.2. The summed E-state index contributed by atoms with van der Waals surface area (Å²) in [5, 5.41) is 13.7. The second-order valence-corrected chi connectivity index (χ2v) is 11.6. The Morgan fingerprint density at radius 3 is 2.58 bits per heavy atom. The van der Waals surface area contributed by atoms with Crippen LogP contribution in [-0.2, 0) is 19.0 Å². The summed E-state index contributed by atoms with van der Waals surface area (Å²) in [5.41, 5.74) is 0.961. The molecule has 38 heavy (non-hydrogen) atoms. The first-order valence-corrected chi connectivity index (χ1v) is 15.0. The second-order valence-electron chi connectivity index (χ2n) is 9.98. The van der Waals surface area contributed by atoms with E-state index in [1.807, 2.05) is 13.0 Å². The minimum atomic E-state index is -3.93. The number of aliphatic hydroxyl groups excluding tert-OH is 1. The zero-order valence-corrected chi connectivity index (χ0v) is 23.7. The molecule has 1 aliphatic heterocycles. The predicted molar refractivity (Wildman–Crippen MR) is 152 cm³/mol. The summed E-state index contributed by atoms with van der Waals surface area (Å²) in [5.74, 6) is 0.364. The molecule has 6 atom stereocenters. The molecule has 0 saturated carbocycles. The molecule has 0 radical (unpaired) electrons. The van der Waals surface area contributed by atoms with Gasteiger partial charge in [0, 0.05) is 24.5 Å². The number of aryl methyl sites for hydroxylation is 1. The molecule has 1 aliphatic carbocycles. The van der Waals surface area contributed by atoms with Crippen molar-refractivity contribution >= 4 is 10.1 Å². The molecular weight excluding hydrogens is 500 g/mol. The highest BCUT2D eigenvalue weighted by Crippen LogP contribution is 2.30. The van der Waals surface area contributed by atoms with Gasteiger partial charge in [-0.05, 0) is 50.9 Å². The SMILES string of the molecule is C=CC[C@H](/C=C\CN(CC)CC)[C@@H]1C=C[C@H]2C(C=CC[C@H]2OC(CO)COS(=O)(=O)c2ccc(C)cc2)N1. The number of hydrogen-bond donors (Lipinski definition) is 2. The molecule has 2 unspecified atom stereocenters. The van der Waals surface area contributed by atoms with Crippen LogP contribution in [0.15, 0.2) is 78.3 Å². The topological polar surface area (TPSA) is 88.1 Å². The van der Waals surface area contributed by atoms with E-state index in [2.05, 4.69) is 67.1 Å². The molecule has 8 heteroatoms. The maximum Gasteiger partial charge on any atom is 0.297 e. The first-order chi connectivity index (χ1) is 18.3. The van der Waals surface area contributed by atoms with Crippen LogP contribution in [0.25, 0.3) is 0 Å². The van der Waals surface area contributed by atoms with Crippen LogP contribution in [0.2, 0.25) is 0 Å². The average molecular weight is 545 g/mol. The molecule has 3 rings (SSSR count). The first-order valence-electron chi connectivity index (χ1n) is 13.6. The molecule has 0 fully saturated rings. The number of hydrogen-bond acceptors (Lipinski definition) is 7. The van der Waals surface area contributed by atoms with Gasteiger partial charge in [-0.1, -0.05) is 74.1 Å². The normalized spacial score (nSPS) is 25.0. The molecule has 0 aromatic heterocycles. The van der Waals surface area contributed by atoms with Gasteiger partial charge in [0.2, 0.25) is 0 Å². The van der Waals surface area contributed by atoms with Gasteiger partial charge in [-0.3, -0.25) is 4.18 Å². The van der Waals surface area contributed by atoms with E-state index in [0.717, 1.165) is 31.6 Å². The summed E-state index contributed by atoms with van der Waals surface area (Å²) in [6.45, 7) is 12.6. The lowest BCUT2D eigenvalue weighted by molar-refractivity contribution is -0.0767. The number of nitrogens with zero attached hydrogens (tertiary/aromatic N) is 1. The molecule has 0 saturated heterocycles. The first kappa shape index (κ1) is 30.5. The standard InChI is InChI=1S/C30H44N2O5S/c1-5-10-24(11-9-20-32(6-2)7-3)28-19-18-27-29(31-28)12-8-13-30(27)37-25(21-33)22-36-38(34,35)26-16-14-23(4)15-17-26/h5,8-9,11-12,14-19,24-25,27-31,33H,1,6-7,10,13,20-22H2,2-4H3/b11-9-/t24-,25?,27+,28+,29?,30-/m1/s1. The summed E-state index contributed by atoms with van der Waals surface area (Å²) in [6.07, 6.45) is 15.8. The third-order valence-corrected chi connectivity index (χ3v) is 8.61. The van der Waals surface area contributed by atoms with Gasteiger partial charge < -0.3 is 20.1 Å². The van der Waals surface area contributed by atoms with Crippen molar-refractivity contribution in [2.75, 3.05) is 32.8 Å². The lowest BCUT2D eigenvalue weighted by atomic mass is 9.80. The summed E-state index contributed by atoms with van der Waals surface area (Å²) < 4.78 is 36.6. The van der Waals surface area contributed by atoms with Crippen LogP contribution in [0.1, 0.15) is 32.3 Å². The van der Waals surface area contributed by atoms with Gasteiger partial charge in [0.15, 0.2) is 0 Å². The van der Waals surface area contributed by atoms with E-state index in [9.17, 15) is 13.5 Å². The molecule has 1 aromatic rings. The van der Waals surface area contributed by atoms with Gasteiger partial charge >= 0.3 is 0 Å². The lowest BCUT2D eigenvalue weighted by Gasteiger charge is -2.41. The fourth-order valence-corrected chi connectivity index (χ4v) is 5.89. The van der Waals surface area contributed by atoms with Crippen molar-refractivity contribution in [1.29, 1.82) is 0 Å². The number of allylic oxidation sites excluding steroid dienone is 1. The fourth-order valence-electron chi connectivity index (χ4n) is 4.95. The third kappa shape index (κ3) is 8.46. The van der Waals surface area contributed by atoms with E-state index in [-0.39, 0.29) is 42.2 Å². The maximum absolute atomic E-state index is 12.6. The summed E-state index contributed by atoms with van der Waals surface area (Å²) in [4.78, 5) is 2.46. The van der Waals surface area contributed by atoms with Crippen LogP contribution >= 0.6 is 0 Å². The van der Waals surface area contributed by atoms with E-state index >= 15 is 0 Å². The van der Waals surface area contributed by atoms with Crippen LogP contribution in [0, 0.1) is 18.8 Å². The molecule has 2 aliphatic rings. The van der Waals surface area contributed by atoms with Crippen molar-refractivity contribution < 1.29 is 22.4 Å². The molecule has 1 heterocycles. The Hall–Kier alpha value is -2.07. The quantitative estimate of drug-likeness (QED) is 0.255. The molecule has 2 N–H and O–H groups in total. The third-order valence-electron chi connectivity index (χ3n) is 7.31. The van der Waals surface area contributed by atoms with Gasteiger partial charge in [-0.2, -0.15) is 8.42 Å². The molecule has 0 spiro atoms. The smallest absolute Gasteiger partial charge is 0.297 e. The van der Waals surface area contributed by atoms with E-state index in [0.29, 0.717) is 12.3 Å². The summed E-state index contributed by atoms with van der Waals surface area (Å²) in [6, 6.07) is 6.74. The number of benzene rings is 1. The van der Waals surface area contributed by atoms with Gasteiger partial charge in [-0.15, -0.1) is 6.58 Å². The molecule has 0 amide bonds. The van der Waals surface area contributed by atoms with Crippen LogP contribution in [0.4, 0.5) is 0 Å². The number of fused-ring (bicyclic) bond motifs is 1. The van der Waals surface area contributed by atoms with E-state index in [4.69, 9.17) is 8.92 Å². The van der Waals surface area contributed by atoms with Crippen molar-refractivity contribution in [1.82, 2.24) is 10.2 Å². The largest absolute Gasteiger partial charge is 0.394 e. The monoisotopic (exact) mass is 544 g/mol. The Labute approximate surface area is 229 Å².